The van der Waals surface area contributed by atoms with Gasteiger partial charge in [-0.15, -0.1) is 0 Å². The van der Waals surface area contributed by atoms with E-state index >= 15 is 0 Å². The standard InChI is InChI=1S/C13H16N4O3/c1-3-9(4-2)14-12-11(17(19)20)13(18)16-8-6-5-7-10(16)15-12/h5-9,14H,3-4H2,1-2H3. The lowest BCUT2D eigenvalue weighted by Gasteiger charge is -2.15. The predicted octanol–water partition coefficient (Wildman–Crippen LogP) is 2.20. The highest BCUT2D eigenvalue weighted by Gasteiger charge is 2.24. The molecule has 2 rings (SSSR count). The van der Waals surface area contributed by atoms with Gasteiger partial charge in [0, 0.05) is 12.2 Å². The average molecular weight is 276 g/mol. The number of nitro groups is 1. The number of hydrogen-bond donors (Lipinski definition) is 1. The first kappa shape index (κ1) is 14.0. The lowest BCUT2D eigenvalue weighted by Crippen LogP contribution is -2.25. The third-order valence-electron chi connectivity index (χ3n) is 3.22. The lowest BCUT2D eigenvalue weighted by atomic mass is 10.2. The molecule has 0 atom stereocenters. The maximum atomic E-state index is 12.2. The zero-order chi connectivity index (χ0) is 14.7. The first-order valence-electron chi connectivity index (χ1n) is 6.50. The summed E-state index contributed by atoms with van der Waals surface area (Å²) in [5, 5.41) is 14.2. The smallest absolute Gasteiger partial charge is 0.361 e. The minimum atomic E-state index is -0.681. The quantitative estimate of drug-likeness (QED) is 0.668. The Morgan fingerprint density at radius 3 is 2.70 bits per heavy atom. The van der Waals surface area contributed by atoms with Crippen LogP contribution in [0.4, 0.5) is 11.5 Å². The van der Waals surface area contributed by atoms with Crippen LogP contribution in [0.1, 0.15) is 26.7 Å². The van der Waals surface area contributed by atoms with Crippen LogP contribution in [0.5, 0.6) is 0 Å². The van der Waals surface area contributed by atoms with Crippen molar-refractivity contribution in [1.29, 1.82) is 0 Å². The van der Waals surface area contributed by atoms with Gasteiger partial charge in [-0.1, -0.05) is 19.9 Å². The van der Waals surface area contributed by atoms with Crippen LogP contribution in [0, 0.1) is 10.1 Å². The van der Waals surface area contributed by atoms with Crippen LogP contribution in [0.2, 0.25) is 0 Å². The number of nitrogens with zero attached hydrogens (tertiary/aromatic N) is 3. The second-order valence-electron chi connectivity index (χ2n) is 4.46. The Morgan fingerprint density at radius 1 is 1.40 bits per heavy atom. The highest BCUT2D eigenvalue weighted by atomic mass is 16.6. The summed E-state index contributed by atoms with van der Waals surface area (Å²) in [6.07, 6.45) is 3.06. The normalized spacial score (nSPS) is 10.9. The summed E-state index contributed by atoms with van der Waals surface area (Å²) in [6.45, 7) is 3.95. The van der Waals surface area contributed by atoms with Gasteiger partial charge in [-0.25, -0.2) is 4.98 Å². The van der Waals surface area contributed by atoms with Crippen molar-refractivity contribution in [2.24, 2.45) is 0 Å². The molecular weight excluding hydrogens is 260 g/mol. The molecule has 2 aromatic rings. The fourth-order valence-electron chi connectivity index (χ4n) is 2.03. The van der Waals surface area contributed by atoms with Gasteiger partial charge in [0.05, 0.1) is 4.92 Å². The molecule has 20 heavy (non-hydrogen) atoms. The molecule has 2 heterocycles. The molecule has 0 radical (unpaired) electrons. The van der Waals surface area contributed by atoms with Gasteiger partial charge in [0.2, 0.25) is 5.82 Å². The Kier molecular flexibility index (Phi) is 3.97. The van der Waals surface area contributed by atoms with Crippen LogP contribution in [-0.2, 0) is 0 Å². The number of fused-ring (bicyclic) bond motifs is 1. The van der Waals surface area contributed by atoms with Crippen molar-refractivity contribution in [1.82, 2.24) is 9.38 Å². The Balaban J connectivity index is 2.65. The number of pyridine rings is 1. The van der Waals surface area contributed by atoms with Crippen LogP contribution >= 0.6 is 0 Å². The van der Waals surface area contributed by atoms with E-state index in [1.54, 1.807) is 18.2 Å². The Labute approximate surface area is 115 Å². The summed E-state index contributed by atoms with van der Waals surface area (Å²) >= 11 is 0. The molecule has 0 fully saturated rings. The van der Waals surface area contributed by atoms with E-state index in [-0.39, 0.29) is 11.9 Å². The minimum absolute atomic E-state index is 0.0416. The van der Waals surface area contributed by atoms with Crippen molar-refractivity contribution in [2.45, 2.75) is 32.7 Å². The first-order valence-corrected chi connectivity index (χ1v) is 6.50. The second kappa shape index (κ2) is 5.68. The first-order chi connectivity index (χ1) is 9.58. The van der Waals surface area contributed by atoms with Gasteiger partial charge in [0.15, 0.2) is 0 Å². The van der Waals surface area contributed by atoms with Gasteiger partial charge in [-0.2, -0.15) is 0 Å². The molecule has 0 aliphatic heterocycles. The molecule has 7 nitrogen and oxygen atoms in total. The number of nitrogens with one attached hydrogen (secondary N) is 1. The van der Waals surface area contributed by atoms with Crippen LogP contribution in [0.3, 0.4) is 0 Å². The molecule has 0 saturated carbocycles. The van der Waals surface area contributed by atoms with Crippen LogP contribution in [0.25, 0.3) is 5.65 Å². The summed E-state index contributed by atoms with van der Waals surface area (Å²) in [6, 6.07) is 5.05. The third-order valence-corrected chi connectivity index (χ3v) is 3.22. The Morgan fingerprint density at radius 2 is 2.10 bits per heavy atom. The summed E-state index contributed by atoms with van der Waals surface area (Å²) in [5.74, 6) is 0.0416. The maximum Gasteiger partial charge on any atom is 0.376 e. The van der Waals surface area contributed by atoms with E-state index < -0.39 is 16.2 Å². The average Bonchev–Trinajstić information content (AvgIpc) is 2.44. The van der Waals surface area contributed by atoms with Crippen molar-refractivity contribution >= 4 is 17.2 Å². The molecule has 2 aromatic heterocycles. The Bertz CT molecular complexity index is 692. The van der Waals surface area contributed by atoms with Crippen molar-refractivity contribution in [3.63, 3.8) is 0 Å². The van der Waals surface area contributed by atoms with Crippen molar-refractivity contribution in [3.05, 3.63) is 44.9 Å². The number of rotatable bonds is 5. The van der Waals surface area contributed by atoms with Crippen LogP contribution < -0.4 is 10.9 Å². The molecule has 1 N–H and O–H groups in total. The van der Waals surface area contributed by atoms with Crippen molar-refractivity contribution in [2.75, 3.05) is 5.32 Å². The van der Waals surface area contributed by atoms with Gasteiger partial charge in [-0.05, 0) is 25.0 Å². The molecule has 0 aliphatic rings. The fourth-order valence-corrected chi connectivity index (χ4v) is 2.03. The van der Waals surface area contributed by atoms with E-state index in [2.05, 4.69) is 10.3 Å². The van der Waals surface area contributed by atoms with Crippen LogP contribution in [-0.4, -0.2) is 20.3 Å². The van der Waals surface area contributed by atoms with Gasteiger partial charge < -0.3 is 5.32 Å². The maximum absolute atomic E-state index is 12.2. The zero-order valence-electron chi connectivity index (χ0n) is 11.4. The molecule has 0 aliphatic carbocycles. The van der Waals surface area contributed by atoms with Gasteiger partial charge >= 0.3 is 11.2 Å². The summed E-state index contributed by atoms with van der Waals surface area (Å²) in [5.41, 5.74) is -0.800. The van der Waals surface area contributed by atoms with Gasteiger partial charge in [-0.3, -0.25) is 19.3 Å². The molecule has 0 amide bonds. The molecule has 0 unspecified atom stereocenters. The predicted molar refractivity (Wildman–Crippen MR) is 76.1 cm³/mol. The lowest BCUT2D eigenvalue weighted by molar-refractivity contribution is -0.385. The number of hydrogen-bond acceptors (Lipinski definition) is 5. The molecule has 0 saturated heterocycles. The number of anilines is 1. The molecule has 0 aromatic carbocycles. The van der Waals surface area contributed by atoms with Gasteiger partial charge in [0.1, 0.15) is 5.65 Å². The highest BCUT2D eigenvalue weighted by molar-refractivity contribution is 5.60. The minimum Gasteiger partial charge on any atom is -0.361 e. The zero-order valence-corrected chi connectivity index (χ0v) is 11.4. The molecule has 106 valence electrons. The highest BCUT2D eigenvalue weighted by Crippen LogP contribution is 2.20. The third kappa shape index (κ3) is 2.47. The van der Waals surface area contributed by atoms with Crippen molar-refractivity contribution < 1.29 is 4.92 Å². The van der Waals surface area contributed by atoms with E-state index in [0.717, 1.165) is 12.8 Å². The van der Waals surface area contributed by atoms with Gasteiger partial charge in [0.25, 0.3) is 0 Å². The summed E-state index contributed by atoms with van der Waals surface area (Å²) in [7, 11) is 0. The monoisotopic (exact) mass is 276 g/mol. The fraction of sp³-hybridized carbons (Fsp3) is 0.385. The summed E-state index contributed by atoms with van der Waals surface area (Å²) in [4.78, 5) is 26.9. The number of aromatic nitrogens is 2. The van der Waals surface area contributed by atoms with E-state index in [1.807, 2.05) is 13.8 Å². The topological polar surface area (TPSA) is 89.5 Å². The van der Waals surface area contributed by atoms with Crippen LogP contribution in [0.15, 0.2) is 29.2 Å². The largest absolute Gasteiger partial charge is 0.376 e. The van der Waals surface area contributed by atoms with E-state index in [9.17, 15) is 14.9 Å². The van der Waals surface area contributed by atoms with E-state index in [1.165, 1.54) is 10.6 Å². The molecular formula is C13H16N4O3. The molecule has 0 spiro atoms. The SMILES string of the molecule is CCC(CC)Nc1nc2ccccn2c(=O)c1[N+](=O)[O-]. The van der Waals surface area contributed by atoms with E-state index in [4.69, 9.17) is 0 Å². The second-order valence-corrected chi connectivity index (χ2v) is 4.46. The molecule has 0 bridgehead atoms. The summed E-state index contributed by atoms with van der Waals surface area (Å²) < 4.78 is 1.18. The molecule has 7 heteroatoms. The van der Waals surface area contributed by atoms with Crippen molar-refractivity contribution in [3.8, 4) is 0 Å². The Hall–Kier alpha value is -2.44. The van der Waals surface area contributed by atoms with E-state index in [0.29, 0.717) is 5.65 Å².